The SMILES string of the molecule is NCCC=Cc1ccc([N+](=O)[O-])c(N)c1. The lowest BCUT2D eigenvalue weighted by Crippen LogP contribution is -1.96. The summed E-state index contributed by atoms with van der Waals surface area (Å²) in [4.78, 5) is 9.99. The molecule has 15 heavy (non-hydrogen) atoms. The normalized spacial score (nSPS) is 10.7. The summed E-state index contributed by atoms with van der Waals surface area (Å²) >= 11 is 0. The largest absolute Gasteiger partial charge is 0.393 e. The fourth-order valence-corrected chi connectivity index (χ4v) is 1.16. The van der Waals surface area contributed by atoms with Gasteiger partial charge < -0.3 is 11.5 Å². The Labute approximate surface area is 87.5 Å². The Morgan fingerprint density at radius 2 is 2.20 bits per heavy atom. The molecule has 4 N–H and O–H groups in total. The Hall–Kier alpha value is -1.88. The van der Waals surface area contributed by atoms with Crippen LogP contribution in [-0.4, -0.2) is 11.5 Å². The molecular formula is C10H13N3O2. The van der Waals surface area contributed by atoms with Crippen molar-refractivity contribution in [3.63, 3.8) is 0 Å². The second kappa shape index (κ2) is 5.11. The van der Waals surface area contributed by atoms with Gasteiger partial charge in [-0.3, -0.25) is 10.1 Å². The number of nitrogen functional groups attached to an aromatic ring is 1. The van der Waals surface area contributed by atoms with Gasteiger partial charge in [0.05, 0.1) is 4.92 Å². The summed E-state index contributed by atoms with van der Waals surface area (Å²) < 4.78 is 0. The van der Waals surface area contributed by atoms with Gasteiger partial charge >= 0.3 is 0 Å². The summed E-state index contributed by atoms with van der Waals surface area (Å²) in [6.07, 6.45) is 4.52. The number of hydrogen-bond donors (Lipinski definition) is 2. The second-order valence-electron chi connectivity index (χ2n) is 3.06. The summed E-state index contributed by atoms with van der Waals surface area (Å²) in [5.74, 6) is 0. The third kappa shape index (κ3) is 3.07. The van der Waals surface area contributed by atoms with Gasteiger partial charge in [0.25, 0.3) is 5.69 Å². The zero-order valence-corrected chi connectivity index (χ0v) is 8.22. The van der Waals surface area contributed by atoms with E-state index in [1.165, 1.54) is 6.07 Å². The lowest BCUT2D eigenvalue weighted by atomic mass is 10.1. The van der Waals surface area contributed by atoms with Gasteiger partial charge in [-0.15, -0.1) is 0 Å². The van der Waals surface area contributed by atoms with E-state index in [1.807, 2.05) is 12.2 Å². The zero-order chi connectivity index (χ0) is 11.3. The van der Waals surface area contributed by atoms with E-state index in [2.05, 4.69) is 0 Å². The monoisotopic (exact) mass is 207 g/mol. The topological polar surface area (TPSA) is 95.2 Å². The minimum atomic E-state index is -0.497. The molecule has 0 fully saturated rings. The van der Waals surface area contributed by atoms with E-state index < -0.39 is 4.92 Å². The average Bonchev–Trinajstić information content (AvgIpc) is 2.17. The smallest absolute Gasteiger partial charge is 0.292 e. The van der Waals surface area contributed by atoms with Crippen LogP contribution in [0.1, 0.15) is 12.0 Å². The Morgan fingerprint density at radius 3 is 2.73 bits per heavy atom. The summed E-state index contributed by atoms with van der Waals surface area (Å²) in [6, 6.07) is 4.63. The van der Waals surface area contributed by atoms with Gasteiger partial charge in [-0.1, -0.05) is 12.2 Å². The molecule has 0 heterocycles. The number of nitrogens with two attached hydrogens (primary N) is 2. The first kappa shape index (κ1) is 11.2. The van der Waals surface area contributed by atoms with Gasteiger partial charge in [0.15, 0.2) is 0 Å². The Bertz CT molecular complexity index is 388. The molecule has 5 nitrogen and oxygen atoms in total. The molecule has 1 aromatic carbocycles. The van der Waals surface area contributed by atoms with Crippen molar-refractivity contribution >= 4 is 17.5 Å². The van der Waals surface area contributed by atoms with Crippen molar-refractivity contribution in [1.82, 2.24) is 0 Å². The van der Waals surface area contributed by atoms with E-state index in [0.717, 1.165) is 12.0 Å². The standard InChI is InChI=1S/C10H13N3O2/c11-6-2-1-3-8-4-5-10(13(14)15)9(12)7-8/h1,3-5,7H,2,6,11-12H2. The van der Waals surface area contributed by atoms with Crippen LogP contribution in [0.25, 0.3) is 6.08 Å². The van der Waals surface area contributed by atoms with Crippen molar-refractivity contribution in [3.05, 3.63) is 40.0 Å². The van der Waals surface area contributed by atoms with Crippen molar-refractivity contribution in [2.45, 2.75) is 6.42 Å². The minimum Gasteiger partial charge on any atom is -0.393 e. The Balaban J connectivity index is 2.87. The molecule has 0 aromatic heterocycles. The zero-order valence-electron chi connectivity index (χ0n) is 8.22. The number of nitro groups is 1. The first-order valence-corrected chi connectivity index (χ1v) is 4.55. The van der Waals surface area contributed by atoms with Gasteiger partial charge in [0.1, 0.15) is 5.69 Å². The number of hydrogen-bond acceptors (Lipinski definition) is 4. The van der Waals surface area contributed by atoms with Crippen molar-refractivity contribution < 1.29 is 4.92 Å². The van der Waals surface area contributed by atoms with Crippen molar-refractivity contribution in [1.29, 1.82) is 0 Å². The molecule has 0 aliphatic heterocycles. The van der Waals surface area contributed by atoms with E-state index in [4.69, 9.17) is 11.5 Å². The lowest BCUT2D eigenvalue weighted by molar-refractivity contribution is -0.383. The fraction of sp³-hybridized carbons (Fsp3) is 0.200. The molecule has 1 aromatic rings. The number of anilines is 1. The quantitative estimate of drug-likeness (QED) is 0.444. The van der Waals surface area contributed by atoms with E-state index in [9.17, 15) is 10.1 Å². The van der Waals surface area contributed by atoms with Crippen LogP contribution in [-0.2, 0) is 0 Å². The van der Waals surface area contributed by atoms with E-state index in [0.29, 0.717) is 6.54 Å². The van der Waals surface area contributed by atoms with Crippen LogP contribution in [0.5, 0.6) is 0 Å². The summed E-state index contributed by atoms with van der Waals surface area (Å²) in [6.45, 7) is 0.582. The van der Waals surface area contributed by atoms with Gasteiger partial charge in [-0.25, -0.2) is 0 Å². The molecule has 0 amide bonds. The maximum absolute atomic E-state index is 10.5. The van der Waals surface area contributed by atoms with Gasteiger partial charge in [0, 0.05) is 6.07 Å². The van der Waals surface area contributed by atoms with E-state index in [-0.39, 0.29) is 11.4 Å². The van der Waals surface area contributed by atoms with Gasteiger partial charge in [0.2, 0.25) is 0 Å². The van der Waals surface area contributed by atoms with Gasteiger partial charge in [-0.05, 0) is 30.7 Å². The summed E-state index contributed by atoms with van der Waals surface area (Å²) in [7, 11) is 0. The first-order valence-electron chi connectivity index (χ1n) is 4.55. The Morgan fingerprint density at radius 1 is 1.47 bits per heavy atom. The van der Waals surface area contributed by atoms with E-state index in [1.54, 1.807) is 12.1 Å². The molecule has 0 atom stereocenters. The highest BCUT2D eigenvalue weighted by molar-refractivity contribution is 5.65. The van der Waals surface area contributed by atoms with Crippen LogP contribution in [0.4, 0.5) is 11.4 Å². The lowest BCUT2D eigenvalue weighted by Gasteiger charge is -1.98. The molecule has 80 valence electrons. The third-order valence-electron chi connectivity index (χ3n) is 1.89. The van der Waals surface area contributed by atoms with Gasteiger partial charge in [-0.2, -0.15) is 0 Å². The molecular weight excluding hydrogens is 194 g/mol. The van der Waals surface area contributed by atoms with Crippen LogP contribution in [0.2, 0.25) is 0 Å². The molecule has 0 aliphatic rings. The van der Waals surface area contributed by atoms with Crippen LogP contribution < -0.4 is 11.5 Å². The fourth-order valence-electron chi connectivity index (χ4n) is 1.16. The molecule has 0 radical (unpaired) electrons. The van der Waals surface area contributed by atoms with Crippen molar-refractivity contribution in [2.24, 2.45) is 5.73 Å². The molecule has 0 saturated heterocycles. The third-order valence-corrected chi connectivity index (χ3v) is 1.89. The number of nitrogens with zero attached hydrogens (tertiary/aromatic N) is 1. The summed E-state index contributed by atoms with van der Waals surface area (Å²) in [5, 5.41) is 10.5. The molecule has 1 rings (SSSR count). The molecule has 0 bridgehead atoms. The second-order valence-corrected chi connectivity index (χ2v) is 3.06. The van der Waals surface area contributed by atoms with Crippen LogP contribution >= 0.6 is 0 Å². The maximum atomic E-state index is 10.5. The highest BCUT2D eigenvalue weighted by Gasteiger charge is 2.09. The molecule has 0 unspecified atom stereocenters. The number of nitro benzene ring substituents is 1. The van der Waals surface area contributed by atoms with Crippen LogP contribution in [0, 0.1) is 10.1 Å². The van der Waals surface area contributed by atoms with Crippen molar-refractivity contribution in [2.75, 3.05) is 12.3 Å². The highest BCUT2D eigenvalue weighted by Crippen LogP contribution is 2.22. The predicted octanol–water partition coefficient (Wildman–Crippen LogP) is 1.54. The summed E-state index contributed by atoms with van der Waals surface area (Å²) in [5.41, 5.74) is 11.8. The molecule has 0 spiro atoms. The molecule has 5 heteroatoms. The number of benzene rings is 1. The number of rotatable bonds is 4. The average molecular weight is 207 g/mol. The molecule has 0 saturated carbocycles. The highest BCUT2D eigenvalue weighted by atomic mass is 16.6. The van der Waals surface area contributed by atoms with Crippen LogP contribution in [0.15, 0.2) is 24.3 Å². The van der Waals surface area contributed by atoms with Crippen LogP contribution in [0.3, 0.4) is 0 Å². The predicted molar refractivity (Wildman–Crippen MR) is 60.2 cm³/mol. The first-order chi connectivity index (χ1) is 7.15. The molecule has 0 aliphatic carbocycles. The minimum absolute atomic E-state index is 0.0639. The Kier molecular flexibility index (Phi) is 3.82. The maximum Gasteiger partial charge on any atom is 0.292 e. The van der Waals surface area contributed by atoms with E-state index >= 15 is 0 Å². The van der Waals surface area contributed by atoms with Crippen molar-refractivity contribution in [3.8, 4) is 0 Å².